The van der Waals surface area contributed by atoms with Crippen molar-refractivity contribution in [2.24, 2.45) is 0 Å². The molecule has 0 atom stereocenters. The van der Waals surface area contributed by atoms with Gasteiger partial charge in [0, 0.05) is 19.1 Å². The predicted octanol–water partition coefficient (Wildman–Crippen LogP) is 1.86. The van der Waals surface area contributed by atoms with Crippen molar-refractivity contribution in [3.05, 3.63) is 12.4 Å². The van der Waals surface area contributed by atoms with E-state index in [1.807, 2.05) is 6.92 Å². The molecule has 0 radical (unpaired) electrons. The first kappa shape index (κ1) is 15.2. The van der Waals surface area contributed by atoms with Gasteiger partial charge < -0.3 is 5.32 Å². The van der Waals surface area contributed by atoms with Crippen LogP contribution in [0, 0.1) is 0 Å². The molecule has 1 aromatic rings. The Kier molecular flexibility index (Phi) is 4.93. The van der Waals surface area contributed by atoms with Crippen LogP contribution in [0.25, 0.3) is 0 Å². The molecule has 0 unspecified atom stereocenters. The summed E-state index contributed by atoms with van der Waals surface area (Å²) >= 11 is 0. The minimum Gasteiger partial charge on any atom is -0.355 e. The largest absolute Gasteiger partial charge is 0.355 e. The van der Waals surface area contributed by atoms with E-state index in [2.05, 4.69) is 22.2 Å². The quantitative estimate of drug-likeness (QED) is 0.793. The number of hydrogen-bond acceptors (Lipinski definition) is 5. The number of nitrogens with one attached hydrogen (secondary N) is 1. The Morgan fingerprint density at radius 3 is 2.45 bits per heavy atom. The summed E-state index contributed by atoms with van der Waals surface area (Å²) < 4.78 is 26.8. The summed E-state index contributed by atoms with van der Waals surface area (Å²) in [6.07, 6.45) is 6.56. The second kappa shape index (κ2) is 6.49. The van der Waals surface area contributed by atoms with Crippen LogP contribution < -0.4 is 5.32 Å². The lowest BCUT2D eigenvalue weighted by molar-refractivity contribution is 0.395. The van der Waals surface area contributed by atoms with E-state index in [0.29, 0.717) is 19.0 Å². The van der Waals surface area contributed by atoms with Gasteiger partial charge in [-0.25, -0.2) is 18.4 Å². The zero-order valence-corrected chi connectivity index (χ0v) is 12.9. The molecule has 7 heteroatoms. The highest BCUT2D eigenvalue weighted by Crippen LogP contribution is 2.32. The van der Waals surface area contributed by atoms with E-state index in [1.54, 1.807) is 4.31 Å². The third-order valence-electron chi connectivity index (χ3n) is 3.26. The van der Waals surface area contributed by atoms with Crippen molar-refractivity contribution in [3.8, 4) is 0 Å². The fourth-order valence-electron chi connectivity index (χ4n) is 2.01. The lowest BCUT2D eigenvalue weighted by atomic mass is 10.3. The van der Waals surface area contributed by atoms with Crippen LogP contribution in [0.15, 0.2) is 17.3 Å². The van der Waals surface area contributed by atoms with Crippen molar-refractivity contribution in [3.63, 3.8) is 0 Å². The zero-order valence-electron chi connectivity index (χ0n) is 12.0. The van der Waals surface area contributed by atoms with Crippen molar-refractivity contribution in [2.75, 3.05) is 18.4 Å². The number of nitrogens with zero attached hydrogens (tertiary/aromatic N) is 3. The summed E-state index contributed by atoms with van der Waals surface area (Å²) in [6, 6.07) is 0.167. The molecular weight excluding hydrogens is 276 g/mol. The summed E-state index contributed by atoms with van der Waals surface area (Å²) in [5.74, 6) is 0.456. The molecule has 6 nitrogen and oxygen atoms in total. The van der Waals surface area contributed by atoms with Crippen molar-refractivity contribution in [1.29, 1.82) is 0 Å². The molecule has 0 aromatic carbocycles. The van der Waals surface area contributed by atoms with Crippen LogP contribution in [0.1, 0.15) is 39.5 Å². The minimum atomic E-state index is -3.46. The zero-order chi connectivity index (χ0) is 14.6. The van der Waals surface area contributed by atoms with Crippen LogP contribution in [-0.4, -0.2) is 41.8 Å². The van der Waals surface area contributed by atoms with Crippen LogP contribution in [0.2, 0.25) is 0 Å². The molecule has 1 N–H and O–H groups in total. The number of rotatable bonds is 8. The number of unbranched alkanes of at least 4 members (excludes halogenated alkanes) is 1. The van der Waals surface area contributed by atoms with Gasteiger partial charge in [0.15, 0.2) is 0 Å². The first-order chi connectivity index (χ1) is 9.59. The molecule has 1 fully saturated rings. The molecule has 1 aliphatic rings. The summed E-state index contributed by atoms with van der Waals surface area (Å²) in [5, 5.41) is 2.95. The predicted molar refractivity (Wildman–Crippen MR) is 78.0 cm³/mol. The summed E-state index contributed by atoms with van der Waals surface area (Å²) in [7, 11) is -3.46. The van der Waals surface area contributed by atoms with E-state index in [9.17, 15) is 8.42 Å². The van der Waals surface area contributed by atoms with Gasteiger partial charge in [0.05, 0.1) is 12.4 Å². The second-order valence-electron chi connectivity index (χ2n) is 4.97. The molecule has 1 saturated carbocycles. The Morgan fingerprint density at radius 1 is 1.30 bits per heavy atom. The van der Waals surface area contributed by atoms with Gasteiger partial charge in [-0.1, -0.05) is 13.3 Å². The molecule has 1 heterocycles. The maximum Gasteiger partial charge on any atom is 0.246 e. The highest BCUT2D eigenvalue weighted by molar-refractivity contribution is 7.89. The average Bonchev–Trinajstić information content (AvgIpc) is 3.24. The van der Waals surface area contributed by atoms with E-state index in [1.165, 1.54) is 12.4 Å². The smallest absolute Gasteiger partial charge is 0.246 e. The number of hydrogen-bond donors (Lipinski definition) is 1. The average molecular weight is 298 g/mol. The molecule has 1 aliphatic carbocycles. The lowest BCUT2D eigenvalue weighted by Crippen LogP contribution is -2.34. The standard InChI is InChI=1S/C13H22N4O2S/c1-3-5-8-17(11-6-7-11)20(18,19)12-9-15-13(14-4-2)16-10-12/h9-11H,3-8H2,1-2H3,(H,14,15,16). The number of anilines is 1. The Bertz CT molecular complexity index is 526. The molecular formula is C13H22N4O2S. The van der Waals surface area contributed by atoms with Crippen LogP contribution in [0.4, 0.5) is 5.95 Å². The van der Waals surface area contributed by atoms with Crippen molar-refractivity contribution in [1.82, 2.24) is 14.3 Å². The molecule has 2 rings (SSSR count). The van der Waals surface area contributed by atoms with Gasteiger partial charge in [-0.2, -0.15) is 4.31 Å². The highest BCUT2D eigenvalue weighted by Gasteiger charge is 2.37. The second-order valence-corrected chi connectivity index (χ2v) is 6.86. The Hall–Kier alpha value is -1.21. The summed E-state index contributed by atoms with van der Waals surface area (Å²) in [4.78, 5) is 8.28. The van der Waals surface area contributed by atoms with Gasteiger partial charge >= 0.3 is 0 Å². The first-order valence-corrected chi connectivity index (χ1v) is 8.61. The molecule has 1 aromatic heterocycles. The Morgan fingerprint density at radius 2 is 1.95 bits per heavy atom. The van der Waals surface area contributed by atoms with E-state index < -0.39 is 10.0 Å². The van der Waals surface area contributed by atoms with Crippen LogP contribution >= 0.6 is 0 Å². The van der Waals surface area contributed by atoms with Crippen molar-refractivity contribution >= 4 is 16.0 Å². The van der Waals surface area contributed by atoms with E-state index in [0.717, 1.165) is 25.7 Å². The number of aromatic nitrogens is 2. The van der Waals surface area contributed by atoms with Gasteiger partial charge in [0.2, 0.25) is 16.0 Å². The van der Waals surface area contributed by atoms with E-state index in [-0.39, 0.29) is 10.9 Å². The molecule has 0 saturated heterocycles. The maximum absolute atomic E-state index is 12.6. The fraction of sp³-hybridized carbons (Fsp3) is 0.692. The van der Waals surface area contributed by atoms with Crippen LogP contribution in [0.3, 0.4) is 0 Å². The normalized spacial score (nSPS) is 15.6. The van der Waals surface area contributed by atoms with Gasteiger partial charge in [-0.3, -0.25) is 0 Å². The van der Waals surface area contributed by atoms with Gasteiger partial charge in [-0.15, -0.1) is 0 Å². The van der Waals surface area contributed by atoms with Crippen molar-refractivity contribution in [2.45, 2.75) is 50.5 Å². The fourth-order valence-corrected chi connectivity index (χ4v) is 3.63. The molecule has 20 heavy (non-hydrogen) atoms. The third-order valence-corrected chi connectivity index (χ3v) is 5.16. The third kappa shape index (κ3) is 3.46. The van der Waals surface area contributed by atoms with Gasteiger partial charge in [0.25, 0.3) is 0 Å². The monoisotopic (exact) mass is 298 g/mol. The Balaban J connectivity index is 2.18. The molecule has 0 amide bonds. The first-order valence-electron chi connectivity index (χ1n) is 7.17. The van der Waals surface area contributed by atoms with Gasteiger partial charge in [-0.05, 0) is 26.2 Å². The van der Waals surface area contributed by atoms with Crippen LogP contribution in [0.5, 0.6) is 0 Å². The topological polar surface area (TPSA) is 75.2 Å². The van der Waals surface area contributed by atoms with E-state index in [4.69, 9.17) is 0 Å². The molecule has 112 valence electrons. The van der Waals surface area contributed by atoms with E-state index >= 15 is 0 Å². The summed E-state index contributed by atoms with van der Waals surface area (Å²) in [5.41, 5.74) is 0. The SMILES string of the molecule is CCCCN(C1CC1)S(=O)(=O)c1cnc(NCC)nc1. The lowest BCUT2D eigenvalue weighted by Gasteiger charge is -2.21. The molecule has 0 aliphatic heterocycles. The molecule has 0 spiro atoms. The maximum atomic E-state index is 12.6. The molecule has 0 bridgehead atoms. The van der Waals surface area contributed by atoms with Crippen LogP contribution in [-0.2, 0) is 10.0 Å². The van der Waals surface area contributed by atoms with Crippen molar-refractivity contribution < 1.29 is 8.42 Å². The van der Waals surface area contributed by atoms with Gasteiger partial charge in [0.1, 0.15) is 4.90 Å². The minimum absolute atomic E-state index is 0.167. The Labute approximate surface area is 120 Å². The summed E-state index contributed by atoms with van der Waals surface area (Å²) in [6.45, 7) is 5.29. The highest BCUT2D eigenvalue weighted by atomic mass is 32.2. The number of sulfonamides is 1.